The summed E-state index contributed by atoms with van der Waals surface area (Å²) in [5.41, 5.74) is 2.22. The second kappa shape index (κ2) is 6.96. The third kappa shape index (κ3) is 3.68. The molecule has 1 aliphatic rings. The number of hydrogen-bond donors (Lipinski definition) is 1. The fourth-order valence-corrected chi connectivity index (χ4v) is 3.21. The molecule has 2 heterocycles. The molecule has 1 aromatic heterocycles. The third-order valence-corrected chi connectivity index (χ3v) is 4.66. The first-order valence-electron chi connectivity index (χ1n) is 7.62. The first kappa shape index (κ1) is 15.1. The van der Waals surface area contributed by atoms with Gasteiger partial charge in [0.1, 0.15) is 0 Å². The van der Waals surface area contributed by atoms with Crippen molar-refractivity contribution < 1.29 is 4.79 Å². The van der Waals surface area contributed by atoms with Crippen LogP contribution in [0.3, 0.4) is 0 Å². The number of aromatic nitrogens is 3. The lowest BCUT2D eigenvalue weighted by Gasteiger charge is -2.26. The number of piperidine rings is 1. The van der Waals surface area contributed by atoms with E-state index < -0.39 is 0 Å². The molecule has 5 nitrogen and oxygen atoms in total. The number of likely N-dealkylation sites (tertiary alicyclic amines) is 1. The number of aromatic amines is 1. The summed E-state index contributed by atoms with van der Waals surface area (Å²) in [7, 11) is 0. The van der Waals surface area contributed by atoms with Gasteiger partial charge in [-0.25, -0.2) is 4.98 Å². The van der Waals surface area contributed by atoms with Crippen molar-refractivity contribution in [2.24, 2.45) is 0 Å². The van der Waals surface area contributed by atoms with Crippen LogP contribution < -0.4 is 0 Å². The van der Waals surface area contributed by atoms with Gasteiger partial charge in [0.2, 0.25) is 11.1 Å². The minimum absolute atomic E-state index is 0.186. The zero-order valence-electron chi connectivity index (χ0n) is 12.7. The summed E-state index contributed by atoms with van der Waals surface area (Å²) in [6, 6.07) is 8.13. The molecule has 0 unspecified atom stereocenters. The Morgan fingerprint density at radius 1 is 1.23 bits per heavy atom. The standard InChI is InChI=1S/C16H20N4OS/c1-12-5-7-13(8-6-12)15-17-16(19-18-15)22-11-14(21)20-9-3-2-4-10-20/h5-8H,2-4,9-11H2,1H3,(H,17,18,19). The number of hydrogen-bond acceptors (Lipinski definition) is 4. The normalized spacial score (nSPS) is 15.0. The summed E-state index contributed by atoms with van der Waals surface area (Å²) in [6.45, 7) is 3.83. The lowest BCUT2D eigenvalue weighted by molar-refractivity contribution is -0.129. The number of nitrogens with zero attached hydrogens (tertiary/aromatic N) is 3. The van der Waals surface area contributed by atoms with Gasteiger partial charge in [-0.05, 0) is 26.2 Å². The summed E-state index contributed by atoms with van der Waals surface area (Å²) >= 11 is 1.40. The van der Waals surface area contributed by atoms with E-state index in [0.717, 1.165) is 37.3 Å². The van der Waals surface area contributed by atoms with E-state index in [1.54, 1.807) is 0 Å². The molecule has 0 bridgehead atoms. The molecule has 0 aliphatic carbocycles. The number of aryl methyl sites for hydroxylation is 1. The lowest BCUT2D eigenvalue weighted by atomic mass is 10.1. The van der Waals surface area contributed by atoms with Crippen molar-refractivity contribution in [2.75, 3.05) is 18.8 Å². The van der Waals surface area contributed by atoms with Gasteiger partial charge in [0.15, 0.2) is 5.82 Å². The number of rotatable bonds is 4. The highest BCUT2D eigenvalue weighted by Crippen LogP contribution is 2.20. The number of carbonyl (C=O) groups is 1. The fourth-order valence-electron chi connectivity index (χ4n) is 2.51. The van der Waals surface area contributed by atoms with Gasteiger partial charge in [-0.1, -0.05) is 41.6 Å². The molecule has 0 spiro atoms. The van der Waals surface area contributed by atoms with E-state index in [4.69, 9.17) is 0 Å². The molecular formula is C16H20N4OS. The van der Waals surface area contributed by atoms with Crippen LogP contribution in [0.4, 0.5) is 0 Å². The van der Waals surface area contributed by atoms with Crippen molar-refractivity contribution >= 4 is 17.7 Å². The topological polar surface area (TPSA) is 61.9 Å². The molecule has 1 N–H and O–H groups in total. The Labute approximate surface area is 134 Å². The van der Waals surface area contributed by atoms with Crippen molar-refractivity contribution in [1.82, 2.24) is 20.1 Å². The van der Waals surface area contributed by atoms with Crippen molar-refractivity contribution in [3.05, 3.63) is 29.8 Å². The third-order valence-electron chi connectivity index (χ3n) is 3.82. The molecule has 1 amide bonds. The van der Waals surface area contributed by atoms with Gasteiger partial charge in [0.05, 0.1) is 5.75 Å². The molecule has 3 rings (SSSR count). The quantitative estimate of drug-likeness (QED) is 0.881. The molecule has 0 radical (unpaired) electrons. The van der Waals surface area contributed by atoms with Crippen LogP contribution in [0.15, 0.2) is 29.4 Å². The van der Waals surface area contributed by atoms with Crippen molar-refractivity contribution in [3.63, 3.8) is 0 Å². The van der Waals surface area contributed by atoms with E-state index >= 15 is 0 Å². The maximum absolute atomic E-state index is 12.1. The smallest absolute Gasteiger partial charge is 0.233 e. The average Bonchev–Trinajstić information content (AvgIpc) is 3.03. The van der Waals surface area contributed by atoms with Crippen LogP contribution in [0, 0.1) is 6.92 Å². The Bertz CT molecular complexity index is 632. The molecular weight excluding hydrogens is 296 g/mol. The van der Waals surface area contributed by atoms with Crippen LogP contribution in [0.5, 0.6) is 0 Å². The zero-order chi connectivity index (χ0) is 15.4. The molecule has 0 atom stereocenters. The largest absolute Gasteiger partial charge is 0.342 e. The van der Waals surface area contributed by atoms with Gasteiger partial charge in [-0.3, -0.25) is 9.89 Å². The summed E-state index contributed by atoms with van der Waals surface area (Å²) in [4.78, 5) is 18.5. The molecule has 1 fully saturated rings. The van der Waals surface area contributed by atoms with Gasteiger partial charge < -0.3 is 4.90 Å². The Morgan fingerprint density at radius 3 is 2.68 bits per heavy atom. The van der Waals surface area contributed by atoms with Crippen LogP contribution >= 0.6 is 11.8 Å². The van der Waals surface area contributed by atoms with E-state index in [-0.39, 0.29) is 5.91 Å². The van der Waals surface area contributed by atoms with Crippen LogP contribution in [0.25, 0.3) is 11.4 Å². The predicted octanol–water partition coefficient (Wildman–Crippen LogP) is 2.88. The van der Waals surface area contributed by atoms with Gasteiger partial charge in [-0.2, -0.15) is 0 Å². The van der Waals surface area contributed by atoms with Gasteiger partial charge in [0.25, 0.3) is 0 Å². The highest BCUT2D eigenvalue weighted by Gasteiger charge is 2.17. The van der Waals surface area contributed by atoms with E-state index in [1.807, 2.05) is 29.2 Å². The van der Waals surface area contributed by atoms with E-state index in [2.05, 4.69) is 22.1 Å². The first-order valence-corrected chi connectivity index (χ1v) is 8.61. The summed E-state index contributed by atoms with van der Waals surface area (Å²) < 4.78 is 0. The van der Waals surface area contributed by atoms with Gasteiger partial charge in [-0.15, -0.1) is 5.10 Å². The number of thioether (sulfide) groups is 1. The molecule has 116 valence electrons. The number of amides is 1. The van der Waals surface area contributed by atoms with Crippen LogP contribution in [-0.2, 0) is 4.79 Å². The van der Waals surface area contributed by atoms with E-state index in [1.165, 1.54) is 23.7 Å². The van der Waals surface area contributed by atoms with Crippen molar-refractivity contribution in [1.29, 1.82) is 0 Å². The first-order chi connectivity index (χ1) is 10.7. The summed E-state index contributed by atoms with van der Waals surface area (Å²) in [5.74, 6) is 1.34. The minimum Gasteiger partial charge on any atom is -0.342 e. The molecule has 1 aromatic carbocycles. The minimum atomic E-state index is 0.186. The summed E-state index contributed by atoms with van der Waals surface area (Å²) in [6.07, 6.45) is 3.47. The SMILES string of the molecule is Cc1ccc(-c2nc(SCC(=O)N3CCCCC3)n[nH]2)cc1. The number of benzene rings is 1. The second-order valence-corrected chi connectivity index (χ2v) is 6.51. The van der Waals surface area contributed by atoms with E-state index in [9.17, 15) is 4.79 Å². The van der Waals surface area contributed by atoms with Crippen molar-refractivity contribution in [3.8, 4) is 11.4 Å². The Morgan fingerprint density at radius 2 is 1.95 bits per heavy atom. The Hall–Kier alpha value is -1.82. The monoisotopic (exact) mass is 316 g/mol. The van der Waals surface area contributed by atoms with Crippen LogP contribution in [0.2, 0.25) is 0 Å². The maximum Gasteiger partial charge on any atom is 0.233 e. The molecule has 0 saturated carbocycles. The Balaban J connectivity index is 1.57. The van der Waals surface area contributed by atoms with Crippen LogP contribution in [-0.4, -0.2) is 44.8 Å². The molecule has 2 aromatic rings. The number of H-pyrrole nitrogens is 1. The number of carbonyl (C=O) groups excluding carboxylic acids is 1. The fraction of sp³-hybridized carbons (Fsp3) is 0.438. The highest BCUT2D eigenvalue weighted by molar-refractivity contribution is 7.99. The maximum atomic E-state index is 12.1. The number of nitrogens with one attached hydrogen (secondary N) is 1. The Kier molecular flexibility index (Phi) is 4.77. The highest BCUT2D eigenvalue weighted by atomic mass is 32.2. The predicted molar refractivity (Wildman–Crippen MR) is 87.7 cm³/mol. The van der Waals surface area contributed by atoms with E-state index in [0.29, 0.717) is 10.9 Å². The average molecular weight is 316 g/mol. The second-order valence-electron chi connectivity index (χ2n) is 5.56. The van der Waals surface area contributed by atoms with Crippen LogP contribution in [0.1, 0.15) is 24.8 Å². The zero-order valence-corrected chi connectivity index (χ0v) is 13.5. The molecule has 22 heavy (non-hydrogen) atoms. The lowest BCUT2D eigenvalue weighted by Crippen LogP contribution is -2.36. The summed E-state index contributed by atoms with van der Waals surface area (Å²) in [5, 5.41) is 7.75. The van der Waals surface area contributed by atoms with Gasteiger partial charge in [0, 0.05) is 18.7 Å². The van der Waals surface area contributed by atoms with Gasteiger partial charge >= 0.3 is 0 Å². The van der Waals surface area contributed by atoms with Crippen molar-refractivity contribution in [2.45, 2.75) is 31.3 Å². The molecule has 1 aliphatic heterocycles. The molecule has 6 heteroatoms. The molecule has 1 saturated heterocycles.